The summed E-state index contributed by atoms with van der Waals surface area (Å²) in [6.45, 7) is 3.74. The summed E-state index contributed by atoms with van der Waals surface area (Å²) in [4.78, 5) is 2.28. The molecule has 1 aliphatic rings. The van der Waals surface area contributed by atoms with Crippen LogP contribution in [0.1, 0.15) is 11.6 Å². The van der Waals surface area contributed by atoms with Gasteiger partial charge in [0.2, 0.25) is 0 Å². The molecule has 94 valence electrons. The molecule has 1 atom stereocenters. The molecular formula is C12H16BrFN2O. The van der Waals surface area contributed by atoms with Crippen LogP contribution in [-0.4, -0.2) is 37.7 Å². The van der Waals surface area contributed by atoms with Crippen molar-refractivity contribution in [2.45, 2.75) is 6.04 Å². The standard InChI is InChI=1S/C12H16BrFN2O/c13-10-7-9(1-2-11(10)14)12(8-15)16-3-5-17-6-4-16/h1-2,7,12H,3-6,8,15H2. The highest BCUT2D eigenvalue weighted by Gasteiger charge is 2.21. The summed E-state index contributed by atoms with van der Waals surface area (Å²) in [6.07, 6.45) is 0. The largest absolute Gasteiger partial charge is 0.379 e. The lowest BCUT2D eigenvalue weighted by molar-refractivity contribution is 0.0178. The van der Waals surface area contributed by atoms with Crippen molar-refractivity contribution in [3.05, 3.63) is 34.1 Å². The molecule has 0 aromatic heterocycles. The second kappa shape index (κ2) is 5.91. The highest BCUT2D eigenvalue weighted by Crippen LogP contribution is 2.25. The van der Waals surface area contributed by atoms with Gasteiger partial charge in [0, 0.05) is 25.7 Å². The molecule has 0 aliphatic carbocycles. The number of hydrogen-bond acceptors (Lipinski definition) is 3. The van der Waals surface area contributed by atoms with Gasteiger partial charge in [-0.15, -0.1) is 0 Å². The highest BCUT2D eigenvalue weighted by atomic mass is 79.9. The predicted octanol–water partition coefficient (Wildman–Crippen LogP) is 1.92. The molecule has 0 radical (unpaired) electrons. The molecule has 0 spiro atoms. The van der Waals surface area contributed by atoms with Crippen LogP contribution in [-0.2, 0) is 4.74 Å². The summed E-state index contributed by atoms with van der Waals surface area (Å²) >= 11 is 3.21. The first-order chi connectivity index (χ1) is 8.22. The van der Waals surface area contributed by atoms with Gasteiger partial charge in [0.25, 0.3) is 0 Å². The zero-order valence-corrected chi connectivity index (χ0v) is 11.1. The Hall–Kier alpha value is -0.490. The Labute approximate surface area is 109 Å². The van der Waals surface area contributed by atoms with E-state index in [0.29, 0.717) is 11.0 Å². The van der Waals surface area contributed by atoms with Crippen molar-refractivity contribution in [1.82, 2.24) is 4.90 Å². The maximum Gasteiger partial charge on any atom is 0.137 e. The molecule has 1 aromatic carbocycles. The van der Waals surface area contributed by atoms with Crippen molar-refractivity contribution in [2.75, 3.05) is 32.8 Å². The number of rotatable bonds is 3. The molecule has 1 heterocycles. The number of ether oxygens (including phenoxy) is 1. The van der Waals surface area contributed by atoms with Crippen LogP contribution in [0.2, 0.25) is 0 Å². The van der Waals surface area contributed by atoms with Crippen LogP contribution >= 0.6 is 15.9 Å². The third-order valence-corrected chi connectivity index (χ3v) is 3.65. The fourth-order valence-electron chi connectivity index (χ4n) is 2.10. The number of benzene rings is 1. The van der Waals surface area contributed by atoms with Crippen molar-refractivity contribution in [3.8, 4) is 0 Å². The van der Waals surface area contributed by atoms with E-state index < -0.39 is 0 Å². The highest BCUT2D eigenvalue weighted by molar-refractivity contribution is 9.10. The second-order valence-corrected chi connectivity index (χ2v) is 4.93. The van der Waals surface area contributed by atoms with E-state index in [4.69, 9.17) is 10.5 Å². The van der Waals surface area contributed by atoms with Crippen LogP contribution in [0.4, 0.5) is 4.39 Å². The fraction of sp³-hybridized carbons (Fsp3) is 0.500. The van der Waals surface area contributed by atoms with E-state index >= 15 is 0 Å². The van der Waals surface area contributed by atoms with Crippen LogP contribution in [0.25, 0.3) is 0 Å². The van der Waals surface area contributed by atoms with Gasteiger partial charge in [0.15, 0.2) is 0 Å². The molecule has 1 saturated heterocycles. The zero-order chi connectivity index (χ0) is 12.3. The van der Waals surface area contributed by atoms with Crippen molar-refractivity contribution in [2.24, 2.45) is 5.73 Å². The third-order valence-electron chi connectivity index (χ3n) is 3.04. The topological polar surface area (TPSA) is 38.5 Å². The second-order valence-electron chi connectivity index (χ2n) is 4.07. The van der Waals surface area contributed by atoms with Gasteiger partial charge in [-0.2, -0.15) is 0 Å². The Morgan fingerprint density at radius 2 is 2.12 bits per heavy atom. The molecular weight excluding hydrogens is 287 g/mol. The Morgan fingerprint density at radius 3 is 2.71 bits per heavy atom. The molecule has 1 unspecified atom stereocenters. The Morgan fingerprint density at radius 1 is 1.41 bits per heavy atom. The Kier molecular flexibility index (Phi) is 4.50. The van der Waals surface area contributed by atoms with Gasteiger partial charge in [-0.1, -0.05) is 6.07 Å². The van der Waals surface area contributed by atoms with E-state index in [9.17, 15) is 4.39 Å². The molecule has 2 N–H and O–H groups in total. The normalized spacial score (nSPS) is 19.2. The maximum absolute atomic E-state index is 13.2. The molecule has 0 amide bonds. The number of nitrogens with zero attached hydrogens (tertiary/aromatic N) is 1. The molecule has 1 aromatic rings. The first-order valence-electron chi connectivity index (χ1n) is 5.69. The van der Waals surface area contributed by atoms with Crippen molar-refractivity contribution < 1.29 is 9.13 Å². The first-order valence-corrected chi connectivity index (χ1v) is 6.48. The van der Waals surface area contributed by atoms with Gasteiger partial charge in [0.05, 0.1) is 17.7 Å². The van der Waals surface area contributed by atoms with Crippen molar-refractivity contribution >= 4 is 15.9 Å². The number of nitrogens with two attached hydrogens (primary N) is 1. The van der Waals surface area contributed by atoms with Gasteiger partial charge in [-0.3, -0.25) is 4.90 Å². The first kappa shape index (κ1) is 13.0. The van der Waals surface area contributed by atoms with Crippen LogP contribution in [0, 0.1) is 5.82 Å². The minimum absolute atomic E-state index is 0.135. The average Bonchev–Trinajstić information content (AvgIpc) is 2.36. The summed E-state index contributed by atoms with van der Waals surface area (Å²) in [5, 5.41) is 0. The molecule has 0 bridgehead atoms. The number of halogens is 2. The lowest BCUT2D eigenvalue weighted by Gasteiger charge is -2.34. The summed E-state index contributed by atoms with van der Waals surface area (Å²) in [5.41, 5.74) is 6.88. The van der Waals surface area contributed by atoms with E-state index in [1.165, 1.54) is 6.07 Å². The average molecular weight is 303 g/mol. The van der Waals surface area contributed by atoms with Crippen LogP contribution < -0.4 is 5.73 Å². The third kappa shape index (κ3) is 3.04. The predicted molar refractivity (Wildman–Crippen MR) is 68.3 cm³/mol. The summed E-state index contributed by atoms with van der Waals surface area (Å²) in [5.74, 6) is -0.244. The lowest BCUT2D eigenvalue weighted by atomic mass is 10.0. The van der Waals surface area contributed by atoms with Crippen LogP contribution in [0.3, 0.4) is 0 Å². The van der Waals surface area contributed by atoms with Gasteiger partial charge in [0.1, 0.15) is 5.82 Å². The smallest absolute Gasteiger partial charge is 0.137 e. The summed E-state index contributed by atoms with van der Waals surface area (Å²) < 4.78 is 19.0. The van der Waals surface area contributed by atoms with Crippen molar-refractivity contribution in [1.29, 1.82) is 0 Å². The van der Waals surface area contributed by atoms with E-state index in [-0.39, 0.29) is 11.9 Å². The summed E-state index contributed by atoms with van der Waals surface area (Å²) in [6, 6.07) is 5.22. The van der Waals surface area contributed by atoms with E-state index in [0.717, 1.165) is 31.9 Å². The quantitative estimate of drug-likeness (QED) is 0.927. The minimum atomic E-state index is -0.244. The van der Waals surface area contributed by atoms with Crippen molar-refractivity contribution in [3.63, 3.8) is 0 Å². The Balaban J connectivity index is 2.18. The minimum Gasteiger partial charge on any atom is -0.379 e. The molecule has 3 nitrogen and oxygen atoms in total. The van der Waals surface area contributed by atoms with E-state index in [2.05, 4.69) is 20.8 Å². The molecule has 1 fully saturated rings. The molecule has 2 rings (SSSR count). The molecule has 1 aliphatic heterocycles. The maximum atomic E-state index is 13.2. The number of hydrogen-bond donors (Lipinski definition) is 1. The molecule has 5 heteroatoms. The molecule has 17 heavy (non-hydrogen) atoms. The van der Waals surface area contributed by atoms with Gasteiger partial charge in [-0.25, -0.2) is 4.39 Å². The van der Waals surface area contributed by atoms with E-state index in [1.807, 2.05) is 6.07 Å². The van der Waals surface area contributed by atoms with Crippen LogP contribution in [0.5, 0.6) is 0 Å². The zero-order valence-electron chi connectivity index (χ0n) is 9.53. The fourth-order valence-corrected chi connectivity index (χ4v) is 2.50. The SMILES string of the molecule is NCC(c1ccc(F)c(Br)c1)N1CCOCC1. The van der Waals surface area contributed by atoms with Crippen LogP contribution in [0.15, 0.2) is 22.7 Å². The van der Waals surface area contributed by atoms with Gasteiger partial charge < -0.3 is 10.5 Å². The monoisotopic (exact) mass is 302 g/mol. The Bertz CT molecular complexity index is 383. The molecule has 0 saturated carbocycles. The lowest BCUT2D eigenvalue weighted by Crippen LogP contribution is -2.41. The number of morpholine rings is 1. The van der Waals surface area contributed by atoms with Gasteiger partial charge >= 0.3 is 0 Å². The van der Waals surface area contributed by atoms with E-state index in [1.54, 1.807) is 6.07 Å². The summed E-state index contributed by atoms with van der Waals surface area (Å²) in [7, 11) is 0. The van der Waals surface area contributed by atoms with Gasteiger partial charge in [-0.05, 0) is 33.6 Å².